The number of anilines is 1. The molecule has 0 saturated heterocycles. The van der Waals surface area contributed by atoms with Gasteiger partial charge in [0.15, 0.2) is 5.82 Å². The van der Waals surface area contributed by atoms with Crippen LogP contribution in [-0.2, 0) is 6.42 Å². The van der Waals surface area contributed by atoms with Crippen LogP contribution in [0.2, 0.25) is 0 Å². The van der Waals surface area contributed by atoms with Crippen molar-refractivity contribution in [1.82, 2.24) is 15.1 Å². The van der Waals surface area contributed by atoms with E-state index in [2.05, 4.69) is 20.4 Å². The Morgan fingerprint density at radius 1 is 1.56 bits per heavy atom. The van der Waals surface area contributed by atoms with Gasteiger partial charge in [-0.2, -0.15) is 4.98 Å². The van der Waals surface area contributed by atoms with Crippen molar-refractivity contribution in [2.24, 2.45) is 0 Å². The van der Waals surface area contributed by atoms with E-state index in [1.54, 1.807) is 13.0 Å². The molecule has 0 radical (unpaired) electrons. The third-order valence-corrected chi connectivity index (χ3v) is 2.22. The number of carboxylic acids is 1. The first-order valence-electron chi connectivity index (χ1n) is 5.37. The van der Waals surface area contributed by atoms with Crippen molar-refractivity contribution in [2.75, 3.05) is 11.9 Å². The van der Waals surface area contributed by atoms with E-state index in [0.29, 0.717) is 30.4 Å². The second-order valence-electron chi connectivity index (χ2n) is 3.65. The van der Waals surface area contributed by atoms with Gasteiger partial charge in [0.1, 0.15) is 5.69 Å². The maximum absolute atomic E-state index is 10.7. The summed E-state index contributed by atoms with van der Waals surface area (Å²) in [4.78, 5) is 18.5. The molecule has 0 aromatic carbocycles. The molecule has 7 nitrogen and oxygen atoms in total. The normalized spacial score (nSPS) is 10.3. The van der Waals surface area contributed by atoms with Crippen molar-refractivity contribution in [2.45, 2.75) is 13.3 Å². The molecule has 2 N–H and O–H groups in total. The summed E-state index contributed by atoms with van der Waals surface area (Å²) in [5.41, 5.74) is 0.701. The number of carboxylic acid groups (broad SMARTS) is 1. The van der Waals surface area contributed by atoms with Crippen LogP contribution in [-0.4, -0.2) is 32.7 Å². The number of hydrogen-bond donors (Lipinski definition) is 2. The lowest BCUT2D eigenvalue weighted by atomic mass is 10.3. The topological polar surface area (TPSA) is 101 Å². The van der Waals surface area contributed by atoms with Crippen molar-refractivity contribution in [1.29, 1.82) is 0 Å². The molecule has 94 valence electrons. The minimum Gasteiger partial charge on any atom is -0.477 e. The average molecular weight is 248 g/mol. The van der Waals surface area contributed by atoms with Gasteiger partial charge in [-0.1, -0.05) is 5.16 Å². The first kappa shape index (κ1) is 12.0. The van der Waals surface area contributed by atoms with Gasteiger partial charge in [-0.3, -0.25) is 0 Å². The highest BCUT2D eigenvalue weighted by molar-refractivity contribution is 5.86. The lowest BCUT2D eigenvalue weighted by Crippen LogP contribution is -2.07. The molecule has 0 saturated carbocycles. The van der Waals surface area contributed by atoms with Crippen molar-refractivity contribution in [3.05, 3.63) is 35.7 Å². The summed E-state index contributed by atoms with van der Waals surface area (Å²) in [6.45, 7) is 2.33. The summed E-state index contributed by atoms with van der Waals surface area (Å²) < 4.78 is 4.96. The van der Waals surface area contributed by atoms with Crippen LogP contribution in [0.1, 0.15) is 22.2 Å². The lowest BCUT2D eigenvalue weighted by Gasteiger charge is -2.04. The van der Waals surface area contributed by atoms with Gasteiger partial charge in [0.2, 0.25) is 5.89 Å². The maximum atomic E-state index is 10.7. The van der Waals surface area contributed by atoms with Gasteiger partial charge >= 0.3 is 5.97 Å². The molecule has 7 heteroatoms. The van der Waals surface area contributed by atoms with Crippen molar-refractivity contribution < 1.29 is 14.4 Å². The molecule has 0 amide bonds. The van der Waals surface area contributed by atoms with E-state index in [1.165, 1.54) is 12.3 Å². The van der Waals surface area contributed by atoms with Gasteiger partial charge in [0.05, 0.1) is 0 Å². The smallest absolute Gasteiger partial charge is 0.354 e. The first-order valence-corrected chi connectivity index (χ1v) is 5.37. The lowest BCUT2D eigenvalue weighted by molar-refractivity contribution is 0.0690. The molecule has 0 atom stereocenters. The van der Waals surface area contributed by atoms with E-state index < -0.39 is 5.97 Å². The SMILES string of the molecule is Cc1noc(CCNc2ccnc(C(=O)O)c2)n1. The van der Waals surface area contributed by atoms with Crippen LogP contribution in [0.25, 0.3) is 0 Å². The number of carbonyl (C=O) groups is 1. The van der Waals surface area contributed by atoms with E-state index in [0.717, 1.165) is 0 Å². The molecular weight excluding hydrogens is 236 g/mol. The second-order valence-corrected chi connectivity index (χ2v) is 3.65. The Labute approximate surface area is 103 Å². The molecule has 0 aliphatic rings. The van der Waals surface area contributed by atoms with Crippen molar-refractivity contribution in [3.63, 3.8) is 0 Å². The Morgan fingerprint density at radius 2 is 2.39 bits per heavy atom. The number of rotatable bonds is 5. The van der Waals surface area contributed by atoms with E-state index in [1.807, 2.05) is 0 Å². The Morgan fingerprint density at radius 3 is 3.06 bits per heavy atom. The zero-order chi connectivity index (χ0) is 13.0. The molecule has 18 heavy (non-hydrogen) atoms. The number of nitrogens with zero attached hydrogens (tertiary/aromatic N) is 3. The summed E-state index contributed by atoms with van der Waals surface area (Å²) in [5, 5.41) is 15.5. The zero-order valence-corrected chi connectivity index (χ0v) is 9.75. The molecule has 0 aliphatic heterocycles. The van der Waals surface area contributed by atoms with E-state index in [9.17, 15) is 4.79 Å². The highest BCUT2D eigenvalue weighted by Gasteiger charge is 2.05. The molecule has 2 rings (SSSR count). The third-order valence-electron chi connectivity index (χ3n) is 2.22. The number of pyridine rings is 1. The van der Waals surface area contributed by atoms with Crippen LogP contribution >= 0.6 is 0 Å². The Hall–Kier alpha value is -2.44. The van der Waals surface area contributed by atoms with Crippen LogP contribution in [0.15, 0.2) is 22.9 Å². The molecule has 0 spiro atoms. The summed E-state index contributed by atoms with van der Waals surface area (Å²) in [6, 6.07) is 3.17. The summed E-state index contributed by atoms with van der Waals surface area (Å²) in [6.07, 6.45) is 2.02. The number of aryl methyl sites for hydroxylation is 1. The van der Waals surface area contributed by atoms with Crippen molar-refractivity contribution in [3.8, 4) is 0 Å². The van der Waals surface area contributed by atoms with Gasteiger partial charge in [0.25, 0.3) is 0 Å². The van der Waals surface area contributed by atoms with Crippen molar-refractivity contribution >= 4 is 11.7 Å². The maximum Gasteiger partial charge on any atom is 0.354 e. The first-order chi connectivity index (χ1) is 8.65. The fraction of sp³-hybridized carbons (Fsp3) is 0.273. The molecule has 2 heterocycles. The predicted octanol–water partition coefficient (Wildman–Crippen LogP) is 1.13. The second kappa shape index (κ2) is 5.26. The van der Waals surface area contributed by atoms with Crippen LogP contribution in [0.4, 0.5) is 5.69 Å². The summed E-state index contributed by atoms with van der Waals surface area (Å²) in [7, 11) is 0. The van der Waals surface area contributed by atoms with E-state index in [-0.39, 0.29) is 5.69 Å². The molecule has 0 unspecified atom stereocenters. The highest BCUT2D eigenvalue weighted by atomic mass is 16.5. The standard InChI is InChI=1S/C11H12N4O3/c1-7-14-10(18-15-7)3-5-12-8-2-4-13-9(6-8)11(16)17/h2,4,6H,3,5H2,1H3,(H,12,13)(H,16,17). The number of hydrogen-bond acceptors (Lipinski definition) is 6. The average Bonchev–Trinajstić information content (AvgIpc) is 2.75. The molecule has 0 bridgehead atoms. The molecule has 0 aliphatic carbocycles. The zero-order valence-electron chi connectivity index (χ0n) is 9.75. The van der Waals surface area contributed by atoms with Gasteiger partial charge in [-0.15, -0.1) is 0 Å². The monoisotopic (exact) mass is 248 g/mol. The van der Waals surface area contributed by atoms with E-state index >= 15 is 0 Å². The van der Waals surface area contributed by atoms with Crippen LogP contribution < -0.4 is 5.32 Å². The number of aromatic carboxylic acids is 1. The van der Waals surface area contributed by atoms with Gasteiger partial charge in [0, 0.05) is 24.8 Å². The van der Waals surface area contributed by atoms with Crippen LogP contribution in [0.3, 0.4) is 0 Å². The fourth-order valence-corrected chi connectivity index (χ4v) is 1.41. The molecule has 2 aromatic rings. The largest absolute Gasteiger partial charge is 0.477 e. The Bertz CT molecular complexity index is 553. The summed E-state index contributed by atoms with van der Waals surface area (Å²) >= 11 is 0. The van der Waals surface area contributed by atoms with Crippen LogP contribution in [0.5, 0.6) is 0 Å². The molecular formula is C11H12N4O3. The predicted molar refractivity (Wildman–Crippen MR) is 62.4 cm³/mol. The molecule has 2 aromatic heterocycles. The van der Waals surface area contributed by atoms with Crippen LogP contribution in [0, 0.1) is 6.92 Å². The fourth-order valence-electron chi connectivity index (χ4n) is 1.41. The number of aromatic nitrogens is 3. The highest BCUT2D eigenvalue weighted by Crippen LogP contribution is 2.08. The van der Waals surface area contributed by atoms with E-state index in [4.69, 9.17) is 9.63 Å². The molecule has 0 fully saturated rings. The van der Waals surface area contributed by atoms with Gasteiger partial charge in [-0.25, -0.2) is 9.78 Å². The third kappa shape index (κ3) is 3.03. The Balaban J connectivity index is 1.90. The quantitative estimate of drug-likeness (QED) is 0.817. The van der Waals surface area contributed by atoms with Gasteiger partial charge in [-0.05, 0) is 19.1 Å². The van der Waals surface area contributed by atoms with Gasteiger partial charge < -0.3 is 14.9 Å². The minimum atomic E-state index is -1.05. The Kier molecular flexibility index (Phi) is 3.52. The minimum absolute atomic E-state index is 0.00800. The summed E-state index contributed by atoms with van der Waals surface area (Å²) in [5.74, 6) is 0.0979. The number of nitrogens with one attached hydrogen (secondary N) is 1.